The third kappa shape index (κ3) is 3.66. The van der Waals surface area contributed by atoms with E-state index in [0.29, 0.717) is 62.6 Å². The SMILES string of the molecule is CCOC(=O)C1CCN(C(=C2C(=O)Nc3ccc(F)cc32)c2ccc3c(c2)COC3)CC1. The van der Waals surface area contributed by atoms with Crippen LogP contribution >= 0.6 is 0 Å². The molecule has 0 bridgehead atoms. The number of amides is 1. The Morgan fingerprint density at radius 1 is 1.16 bits per heavy atom. The zero-order chi connectivity index (χ0) is 22.2. The molecule has 1 N–H and O–H groups in total. The van der Waals surface area contributed by atoms with E-state index in [1.807, 2.05) is 19.1 Å². The summed E-state index contributed by atoms with van der Waals surface area (Å²) in [6.07, 6.45) is 1.28. The van der Waals surface area contributed by atoms with Gasteiger partial charge in [0.25, 0.3) is 5.91 Å². The molecular weight excluding hydrogens is 411 g/mol. The van der Waals surface area contributed by atoms with Crippen LogP contribution in [0.2, 0.25) is 0 Å². The van der Waals surface area contributed by atoms with Crippen molar-refractivity contribution in [1.29, 1.82) is 0 Å². The predicted octanol–water partition coefficient (Wildman–Crippen LogP) is 3.95. The minimum absolute atomic E-state index is 0.145. The van der Waals surface area contributed by atoms with Gasteiger partial charge >= 0.3 is 5.97 Å². The van der Waals surface area contributed by atoms with Crippen molar-refractivity contribution >= 4 is 28.8 Å². The van der Waals surface area contributed by atoms with E-state index in [9.17, 15) is 14.0 Å². The number of benzene rings is 2. The van der Waals surface area contributed by atoms with Gasteiger partial charge in [0.2, 0.25) is 0 Å². The van der Waals surface area contributed by atoms with E-state index in [1.54, 1.807) is 6.07 Å². The number of likely N-dealkylation sites (tertiary alicyclic amines) is 1. The zero-order valence-corrected chi connectivity index (χ0v) is 17.9. The maximum atomic E-state index is 14.1. The largest absolute Gasteiger partial charge is 0.466 e. The Kier molecular flexibility index (Phi) is 5.43. The summed E-state index contributed by atoms with van der Waals surface area (Å²) in [4.78, 5) is 27.4. The maximum absolute atomic E-state index is 14.1. The molecule has 0 spiro atoms. The van der Waals surface area contributed by atoms with Crippen LogP contribution in [0, 0.1) is 11.7 Å². The van der Waals surface area contributed by atoms with Gasteiger partial charge in [-0.15, -0.1) is 0 Å². The molecule has 3 aliphatic heterocycles. The molecule has 1 fully saturated rings. The monoisotopic (exact) mass is 436 g/mol. The lowest BCUT2D eigenvalue weighted by Gasteiger charge is -2.35. The van der Waals surface area contributed by atoms with Gasteiger partial charge in [-0.05, 0) is 60.7 Å². The third-order valence-corrected chi connectivity index (χ3v) is 6.39. The van der Waals surface area contributed by atoms with Gasteiger partial charge in [-0.25, -0.2) is 4.39 Å². The molecule has 0 saturated carbocycles. The molecule has 2 aromatic carbocycles. The molecule has 5 rings (SSSR count). The number of rotatable bonds is 4. The number of fused-ring (bicyclic) bond motifs is 2. The van der Waals surface area contributed by atoms with Crippen LogP contribution in [0.4, 0.5) is 10.1 Å². The average molecular weight is 436 g/mol. The summed E-state index contributed by atoms with van der Waals surface area (Å²) in [6, 6.07) is 10.4. The Balaban J connectivity index is 1.58. The standard InChI is InChI=1S/C25H25FN2O4/c1-2-32-25(30)15-7-9-28(10-8-15)23(16-3-4-17-13-31-14-18(17)11-16)22-20-12-19(26)5-6-21(20)27-24(22)29/h3-6,11-12,15H,2,7-10,13-14H2,1H3,(H,27,29). The number of ether oxygens (including phenoxy) is 2. The molecule has 166 valence electrons. The lowest BCUT2D eigenvalue weighted by Crippen LogP contribution is -2.36. The molecular formula is C25H25FN2O4. The summed E-state index contributed by atoms with van der Waals surface area (Å²) in [6.45, 7) is 4.51. The second kappa shape index (κ2) is 8.39. The zero-order valence-electron chi connectivity index (χ0n) is 17.9. The Labute approximate surface area is 186 Å². The van der Waals surface area contributed by atoms with Crippen molar-refractivity contribution in [3.05, 3.63) is 64.5 Å². The van der Waals surface area contributed by atoms with Gasteiger partial charge in [0.1, 0.15) is 5.82 Å². The Hall–Kier alpha value is -3.19. The first-order chi connectivity index (χ1) is 15.5. The van der Waals surface area contributed by atoms with Gasteiger partial charge in [0.05, 0.1) is 37.0 Å². The molecule has 6 nitrogen and oxygen atoms in total. The van der Waals surface area contributed by atoms with Gasteiger partial charge < -0.3 is 19.7 Å². The van der Waals surface area contributed by atoms with Crippen molar-refractivity contribution in [3.8, 4) is 0 Å². The summed E-state index contributed by atoms with van der Waals surface area (Å²) in [5, 5.41) is 2.87. The molecule has 7 heteroatoms. The van der Waals surface area contributed by atoms with Crippen molar-refractivity contribution in [2.45, 2.75) is 33.0 Å². The van der Waals surface area contributed by atoms with Gasteiger partial charge in [0.15, 0.2) is 0 Å². The van der Waals surface area contributed by atoms with Crippen molar-refractivity contribution in [2.24, 2.45) is 5.92 Å². The highest BCUT2D eigenvalue weighted by Crippen LogP contribution is 2.41. The number of nitrogens with one attached hydrogen (secondary N) is 1. The van der Waals surface area contributed by atoms with Gasteiger partial charge in [-0.3, -0.25) is 9.59 Å². The van der Waals surface area contributed by atoms with E-state index in [2.05, 4.69) is 16.3 Å². The molecule has 2 aromatic rings. The van der Waals surface area contributed by atoms with Gasteiger partial charge in [0, 0.05) is 24.3 Å². The highest BCUT2D eigenvalue weighted by Gasteiger charge is 2.34. The van der Waals surface area contributed by atoms with Gasteiger partial charge in [-0.2, -0.15) is 0 Å². The van der Waals surface area contributed by atoms with Crippen LogP contribution in [0.3, 0.4) is 0 Å². The van der Waals surface area contributed by atoms with Crippen LogP contribution in [0.1, 0.15) is 42.0 Å². The molecule has 0 aromatic heterocycles. The predicted molar refractivity (Wildman–Crippen MR) is 118 cm³/mol. The fourth-order valence-corrected chi connectivity index (χ4v) is 4.78. The lowest BCUT2D eigenvalue weighted by atomic mass is 9.92. The fraction of sp³-hybridized carbons (Fsp3) is 0.360. The van der Waals surface area contributed by atoms with Crippen LogP contribution in [0.15, 0.2) is 36.4 Å². The number of carbonyl (C=O) groups is 2. The smallest absolute Gasteiger partial charge is 0.309 e. The molecule has 0 radical (unpaired) electrons. The van der Waals surface area contributed by atoms with Crippen LogP contribution < -0.4 is 5.32 Å². The Morgan fingerprint density at radius 2 is 1.94 bits per heavy atom. The number of hydrogen-bond acceptors (Lipinski definition) is 5. The topological polar surface area (TPSA) is 67.9 Å². The lowest BCUT2D eigenvalue weighted by molar-refractivity contribution is -0.149. The molecule has 3 heterocycles. The van der Waals surface area contributed by atoms with Crippen molar-refractivity contribution in [2.75, 3.05) is 25.0 Å². The second-order valence-corrected chi connectivity index (χ2v) is 8.36. The summed E-state index contributed by atoms with van der Waals surface area (Å²) in [7, 11) is 0. The van der Waals surface area contributed by atoms with Crippen LogP contribution in [0.25, 0.3) is 11.3 Å². The highest BCUT2D eigenvalue weighted by atomic mass is 19.1. The first kappa shape index (κ1) is 20.7. The minimum atomic E-state index is -0.388. The second-order valence-electron chi connectivity index (χ2n) is 8.36. The maximum Gasteiger partial charge on any atom is 0.309 e. The molecule has 0 atom stereocenters. The highest BCUT2D eigenvalue weighted by molar-refractivity contribution is 6.36. The normalized spacial score (nSPS) is 19.4. The van der Waals surface area contributed by atoms with E-state index < -0.39 is 0 Å². The minimum Gasteiger partial charge on any atom is -0.466 e. The van der Waals surface area contributed by atoms with E-state index in [0.717, 1.165) is 22.4 Å². The molecule has 1 amide bonds. The van der Waals surface area contributed by atoms with Crippen LogP contribution in [-0.4, -0.2) is 36.5 Å². The van der Waals surface area contributed by atoms with E-state index in [4.69, 9.17) is 9.47 Å². The van der Waals surface area contributed by atoms with E-state index in [1.165, 1.54) is 12.1 Å². The van der Waals surface area contributed by atoms with Crippen molar-refractivity contribution in [1.82, 2.24) is 4.90 Å². The fourth-order valence-electron chi connectivity index (χ4n) is 4.78. The van der Waals surface area contributed by atoms with Crippen LogP contribution in [-0.2, 0) is 32.3 Å². The molecule has 3 aliphatic rings. The molecule has 32 heavy (non-hydrogen) atoms. The average Bonchev–Trinajstić information content (AvgIpc) is 3.38. The number of piperidine rings is 1. The van der Waals surface area contributed by atoms with E-state index >= 15 is 0 Å². The van der Waals surface area contributed by atoms with E-state index in [-0.39, 0.29) is 23.6 Å². The molecule has 1 saturated heterocycles. The molecule has 0 aliphatic carbocycles. The number of carbonyl (C=O) groups excluding carboxylic acids is 2. The quantitative estimate of drug-likeness (QED) is 0.581. The van der Waals surface area contributed by atoms with Gasteiger partial charge in [-0.1, -0.05) is 12.1 Å². The number of hydrogen-bond donors (Lipinski definition) is 1. The van der Waals surface area contributed by atoms with Crippen molar-refractivity contribution < 1.29 is 23.5 Å². The summed E-state index contributed by atoms with van der Waals surface area (Å²) >= 11 is 0. The summed E-state index contributed by atoms with van der Waals surface area (Å²) in [5.74, 6) is -0.944. The Bertz CT molecular complexity index is 1120. The number of esters is 1. The third-order valence-electron chi connectivity index (χ3n) is 6.39. The Morgan fingerprint density at radius 3 is 2.72 bits per heavy atom. The molecule has 0 unspecified atom stereocenters. The first-order valence-electron chi connectivity index (χ1n) is 11.0. The first-order valence-corrected chi connectivity index (χ1v) is 11.0. The summed E-state index contributed by atoms with van der Waals surface area (Å²) in [5.41, 5.74) is 5.54. The van der Waals surface area contributed by atoms with Crippen LogP contribution in [0.5, 0.6) is 0 Å². The number of anilines is 1. The van der Waals surface area contributed by atoms with Crippen molar-refractivity contribution in [3.63, 3.8) is 0 Å². The number of halogens is 1. The summed E-state index contributed by atoms with van der Waals surface area (Å²) < 4.78 is 24.9. The number of nitrogens with zero attached hydrogens (tertiary/aromatic N) is 1.